The Morgan fingerprint density at radius 2 is 1.94 bits per heavy atom. The lowest BCUT2D eigenvalue weighted by Gasteiger charge is -2.29. The van der Waals surface area contributed by atoms with Crippen molar-refractivity contribution in [3.8, 4) is 11.3 Å². The first-order valence-electron chi connectivity index (χ1n) is 12.2. The number of pyridine rings is 1. The van der Waals surface area contributed by atoms with Crippen LogP contribution in [0.5, 0.6) is 0 Å². The molecule has 0 unspecified atom stereocenters. The molecule has 2 N–H and O–H groups in total. The highest BCUT2D eigenvalue weighted by Gasteiger charge is 2.31. The molecule has 1 aliphatic heterocycles. The number of benzene rings is 1. The third kappa shape index (κ3) is 5.16. The van der Waals surface area contributed by atoms with Gasteiger partial charge in [0, 0.05) is 35.3 Å². The lowest BCUT2D eigenvalue weighted by atomic mass is 9.86. The summed E-state index contributed by atoms with van der Waals surface area (Å²) in [5.41, 5.74) is 5.55. The summed E-state index contributed by atoms with van der Waals surface area (Å²) in [4.78, 5) is 28.7. The van der Waals surface area contributed by atoms with Gasteiger partial charge in [-0.3, -0.25) is 9.78 Å². The number of likely N-dealkylation sites (tertiary alicyclic amines) is 1. The molecule has 2 aromatic heterocycles. The topological polar surface area (TPSA) is 83.0 Å². The van der Waals surface area contributed by atoms with E-state index in [1.807, 2.05) is 12.3 Å². The maximum absolute atomic E-state index is 12.7. The molecule has 3 heterocycles. The Bertz CT molecular complexity index is 1250. The van der Waals surface area contributed by atoms with Gasteiger partial charge in [0.25, 0.3) is 5.91 Å². The molecule has 182 valence electrons. The monoisotopic (exact) mass is 490 g/mol. The van der Waals surface area contributed by atoms with Gasteiger partial charge in [-0.25, -0.2) is 9.97 Å². The number of amides is 1. The maximum Gasteiger partial charge on any atom is 0.251 e. The Morgan fingerprint density at radius 3 is 2.71 bits per heavy atom. The van der Waals surface area contributed by atoms with Gasteiger partial charge < -0.3 is 15.5 Å². The zero-order valence-electron chi connectivity index (χ0n) is 20.4. The number of halogens is 1. The van der Waals surface area contributed by atoms with Crippen LogP contribution in [0.25, 0.3) is 11.3 Å². The average molecular weight is 491 g/mol. The van der Waals surface area contributed by atoms with E-state index in [0.29, 0.717) is 22.2 Å². The molecule has 0 spiro atoms. The van der Waals surface area contributed by atoms with Gasteiger partial charge in [0.15, 0.2) is 0 Å². The molecule has 3 aromatic rings. The quantitative estimate of drug-likeness (QED) is 0.524. The van der Waals surface area contributed by atoms with E-state index in [9.17, 15) is 4.79 Å². The zero-order valence-corrected chi connectivity index (χ0v) is 21.2. The SMILES string of the molecule is CN1CCC(NC(=O)c2ccc(Nc3nccc(-c4cnc5c(c4)C(C)(C)CC5)n3)c(Cl)c2)CC1. The van der Waals surface area contributed by atoms with E-state index >= 15 is 0 Å². The summed E-state index contributed by atoms with van der Waals surface area (Å²) < 4.78 is 0. The van der Waals surface area contributed by atoms with E-state index in [1.54, 1.807) is 24.4 Å². The van der Waals surface area contributed by atoms with E-state index in [1.165, 1.54) is 11.3 Å². The third-order valence-corrected chi connectivity index (χ3v) is 7.48. The number of hydrogen-bond donors (Lipinski definition) is 2. The fourth-order valence-corrected chi connectivity index (χ4v) is 5.09. The number of carbonyl (C=O) groups is 1. The van der Waals surface area contributed by atoms with Crippen molar-refractivity contribution < 1.29 is 4.79 Å². The van der Waals surface area contributed by atoms with Crippen LogP contribution in [0.3, 0.4) is 0 Å². The Balaban J connectivity index is 1.30. The summed E-state index contributed by atoms with van der Waals surface area (Å²) in [5, 5.41) is 6.76. The first-order valence-corrected chi connectivity index (χ1v) is 12.5. The molecule has 0 atom stereocenters. The van der Waals surface area contributed by atoms with Crippen LogP contribution in [0.2, 0.25) is 5.02 Å². The number of nitrogens with one attached hydrogen (secondary N) is 2. The van der Waals surface area contributed by atoms with Crippen molar-refractivity contribution in [2.75, 3.05) is 25.5 Å². The number of aromatic nitrogens is 3. The van der Waals surface area contributed by atoms with Gasteiger partial charge >= 0.3 is 0 Å². The van der Waals surface area contributed by atoms with E-state index < -0.39 is 0 Å². The first-order chi connectivity index (χ1) is 16.8. The lowest BCUT2D eigenvalue weighted by molar-refractivity contribution is 0.0917. The second kappa shape index (κ2) is 9.55. The van der Waals surface area contributed by atoms with Crippen LogP contribution in [0, 0.1) is 0 Å². The predicted octanol–water partition coefficient (Wildman–Crippen LogP) is 4.98. The van der Waals surface area contributed by atoms with Crippen LogP contribution in [-0.4, -0.2) is 51.9 Å². The molecule has 1 aliphatic carbocycles. The Hall–Kier alpha value is -3.03. The number of carbonyl (C=O) groups excluding carboxylic acids is 1. The summed E-state index contributed by atoms with van der Waals surface area (Å²) in [6.07, 6.45) is 7.65. The number of aryl methyl sites for hydroxylation is 1. The number of nitrogens with zero attached hydrogens (tertiary/aromatic N) is 4. The maximum atomic E-state index is 12.7. The summed E-state index contributed by atoms with van der Waals surface area (Å²) in [6, 6.07) is 9.53. The molecular formula is C27H31ClN6O. The molecule has 0 radical (unpaired) electrons. The molecular weight excluding hydrogens is 460 g/mol. The standard InChI is InChI=1S/C27H31ClN6O/c1-27(2)10-6-23-20(27)14-18(16-30-23)22-7-11-29-26(32-22)33-24-5-4-17(15-21(24)28)25(35)31-19-8-12-34(3)13-9-19/h4-5,7,11,14-16,19H,6,8-10,12-13H2,1-3H3,(H,31,35)(H,29,32,33). The van der Waals surface area contributed by atoms with E-state index in [-0.39, 0.29) is 17.4 Å². The van der Waals surface area contributed by atoms with Gasteiger partial charge in [0.05, 0.1) is 16.4 Å². The van der Waals surface area contributed by atoms with Crippen molar-refractivity contribution in [3.63, 3.8) is 0 Å². The van der Waals surface area contributed by atoms with E-state index in [2.05, 4.69) is 57.4 Å². The van der Waals surface area contributed by atoms with Gasteiger partial charge in [0.1, 0.15) is 0 Å². The fourth-order valence-electron chi connectivity index (χ4n) is 4.86. The molecule has 7 nitrogen and oxygen atoms in total. The van der Waals surface area contributed by atoms with Gasteiger partial charge in [-0.2, -0.15) is 0 Å². The summed E-state index contributed by atoms with van der Waals surface area (Å²) in [7, 11) is 2.10. The molecule has 0 bridgehead atoms. The summed E-state index contributed by atoms with van der Waals surface area (Å²) in [6.45, 7) is 6.51. The van der Waals surface area contributed by atoms with Gasteiger partial charge in [0.2, 0.25) is 5.95 Å². The smallest absolute Gasteiger partial charge is 0.251 e. The van der Waals surface area contributed by atoms with Crippen LogP contribution in [0.15, 0.2) is 42.7 Å². The Kier molecular flexibility index (Phi) is 6.47. The van der Waals surface area contributed by atoms with Crippen LogP contribution >= 0.6 is 11.6 Å². The average Bonchev–Trinajstić information content (AvgIpc) is 3.16. The minimum Gasteiger partial charge on any atom is -0.349 e. The molecule has 0 saturated carbocycles. The third-order valence-electron chi connectivity index (χ3n) is 7.17. The number of hydrogen-bond acceptors (Lipinski definition) is 6. The van der Waals surface area contributed by atoms with Crippen molar-refractivity contribution >= 4 is 29.1 Å². The molecule has 1 aromatic carbocycles. The minimum atomic E-state index is -0.0988. The number of fused-ring (bicyclic) bond motifs is 1. The second-order valence-corrected chi connectivity index (χ2v) is 10.6. The largest absolute Gasteiger partial charge is 0.349 e. The number of piperidine rings is 1. The normalized spacial score (nSPS) is 17.7. The highest BCUT2D eigenvalue weighted by atomic mass is 35.5. The second-order valence-electron chi connectivity index (χ2n) is 10.2. The predicted molar refractivity (Wildman–Crippen MR) is 139 cm³/mol. The van der Waals surface area contributed by atoms with Crippen LogP contribution in [-0.2, 0) is 11.8 Å². The van der Waals surface area contributed by atoms with Crippen molar-refractivity contribution in [3.05, 3.63) is 64.6 Å². The highest BCUT2D eigenvalue weighted by molar-refractivity contribution is 6.33. The summed E-state index contributed by atoms with van der Waals surface area (Å²) in [5.74, 6) is 0.339. The molecule has 35 heavy (non-hydrogen) atoms. The van der Waals surface area contributed by atoms with Gasteiger partial charge in [-0.05, 0) is 87.1 Å². The van der Waals surface area contributed by atoms with E-state index in [0.717, 1.165) is 50.0 Å². The minimum absolute atomic E-state index is 0.0988. The van der Waals surface area contributed by atoms with Crippen molar-refractivity contribution in [2.45, 2.75) is 51.0 Å². The number of rotatable bonds is 5. The highest BCUT2D eigenvalue weighted by Crippen LogP contribution is 2.38. The number of anilines is 2. The van der Waals surface area contributed by atoms with Crippen LogP contribution in [0.1, 0.15) is 54.7 Å². The van der Waals surface area contributed by atoms with Crippen LogP contribution < -0.4 is 10.6 Å². The van der Waals surface area contributed by atoms with Gasteiger partial charge in [-0.15, -0.1) is 0 Å². The van der Waals surface area contributed by atoms with E-state index in [4.69, 9.17) is 11.6 Å². The Labute approximate surface area is 211 Å². The molecule has 1 saturated heterocycles. The molecule has 8 heteroatoms. The first kappa shape index (κ1) is 23.7. The van der Waals surface area contributed by atoms with Gasteiger partial charge in [-0.1, -0.05) is 25.4 Å². The van der Waals surface area contributed by atoms with Crippen LogP contribution in [0.4, 0.5) is 11.6 Å². The van der Waals surface area contributed by atoms with Crippen molar-refractivity contribution in [1.82, 2.24) is 25.2 Å². The Morgan fingerprint density at radius 1 is 1.14 bits per heavy atom. The fraction of sp³-hybridized carbons (Fsp3) is 0.407. The molecule has 2 aliphatic rings. The van der Waals surface area contributed by atoms with Crippen molar-refractivity contribution in [2.24, 2.45) is 0 Å². The lowest BCUT2D eigenvalue weighted by Crippen LogP contribution is -2.43. The zero-order chi connectivity index (χ0) is 24.6. The molecule has 1 fully saturated rings. The molecule has 5 rings (SSSR count). The van der Waals surface area contributed by atoms with Crippen molar-refractivity contribution in [1.29, 1.82) is 0 Å². The molecule has 1 amide bonds. The summed E-state index contributed by atoms with van der Waals surface area (Å²) >= 11 is 6.52.